The highest BCUT2D eigenvalue weighted by Gasteiger charge is 2.38. The van der Waals surface area contributed by atoms with Crippen molar-refractivity contribution in [1.29, 1.82) is 0 Å². The lowest BCUT2D eigenvalue weighted by molar-refractivity contribution is -0.114. The highest BCUT2D eigenvalue weighted by atomic mass is 16.6. The van der Waals surface area contributed by atoms with Crippen LogP contribution in [0.25, 0.3) is 6.08 Å². The minimum absolute atomic E-state index is 0.402. The number of amides is 1. The first-order valence-electron chi connectivity index (χ1n) is 10.7. The predicted octanol–water partition coefficient (Wildman–Crippen LogP) is 2.28. The largest absolute Gasteiger partial charge is 0.486 e. The lowest BCUT2D eigenvalue weighted by atomic mass is 10.1. The highest BCUT2D eigenvalue weighted by Crippen LogP contribution is 2.40. The third kappa shape index (κ3) is 4.06. The number of anilines is 1. The molecule has 7 nitrogen and oxygen atoms in total. The molecule has 0 N–H and O–H groups in total. The summed E-state index contributed by atoms with van der Waals surface area (Å²) >= 11 is 0. The fraction of sp³-hybridized carbons (Fsp3) is 0.333. The molecule has 2 aromatic rings. The van der Waals surface area contributed by atoms with Crippen LogP contribution in [-0.2, 0) is 4.79 Å². The fourth-order valence-corrected chi connectivity index (χ4v) is 4.19. The Bertz CT molecular complexity index is 1010. The van der Waals surface area contributed by atoms with Crippen LogP contribution >= 0.6 is 0 Å². The van der Waals surface area contributed by atoms with Gasteiger partial charge in [-0.2, -0.15) is 0 Å². The summed E-state index contributed by atoms with van der Waals surface area (Å²) in [5.74, 6) is 0.167. The summed E-state index contributed by atoms with van der Waals surface area (Å²) in [6, 6.07) is 13.7. The van der Waals surface area contributed by atoms with E-state index in [-0.39, 0.29) is 0 Å². The van der Waals surface area contributed by atoms with Crippen LogP contribution in [0.4, 0.5) is 5.69 Å². The summed E-state index contributed by atoms with van der Waals surface area (Å²) in [5, 5.41) is 0. The summed E-state index contributed by atoms with van der Waals surface area (Å²) in [7, 11) is 0. The molecule has 0 spiro atoms. The number of benzene rings is 2. The molecule has 0 bridgehead atoms. The first-order valence-corrected chi connectivity index (χ1v) is 10.7. The number of fused-ring (bicyclic) bond motifs is 2. The predicted molar refractivity (Wildman–Crippen MR) is 118 cm³/mol. The molecule has 0 saturated carbocycles. The number of Topliss-reactive ketones (excluding diaryl/α,β-unsaturated/α-hetero) is 1. The quantitative estimate of drug-likeness (QED) is 0.693. The van der Waals surface area contributed by atoms with Crippen LogP contribution in [0.3, 0.4) is 0 Å². The zero-order valence-corrected chi connectivity index (χ0v) is 17.3. The standard InChI is InChI=1S/C24H25N3O4/c28-23-19-15-21-22(31-14-13-30-21)16-20(19)27(24(23)29)17-26-11-9-25(10-12-26)8-4-7-18-5-2-1-3-6-18/h1-7,15-16H,8-14,17H2. The average molecular weight is 419 g/mol. The van der Waals surface area contributed by atoms with Crippen LogP contribution in [0.15, 0.2) is 48.5 Å². The van der Waals surface area contributed by atoms with Gasteiger partial charge in [0.1, 0.15) is 13.2 Å². The molecule has 160 valence electrons. The van der Waals surface area contributed by atoms with E-state index in [0.29, 0.717) is 42.6 Å². The second kappa shape index (κ2) is 8.53. The van der Waals surface area contributed by atoms with E-state index in [2.05, 4.69) is 34.1 Å². The van der Waals surface area contributed by atoms with Crippen molar-refractivity contribution < 1.29 is 19.1 Å². The molecule has 2 aromatic carbocycles. The van der Waals surface area contributed by atoms with Gasteiger partial charge in [-0.15, -0.1) is 0 Å². The van der Waals surface area contributed by atoms with Crippen molar-refractivity contribution in [2.75, 3.05) is 57.5 Å². The Morgan fingerprint density at radius 2 is 1.55 bits per heavy atom. The van der Waals surface area contributed by atoms with Gasteiger partial charge in [-0.25, -0.2) is 0 Å². The van der Waals surface area contributed by atoms with Crippen molar-refractivity contribution >= 4 is 23.5 Å². The van der Waals surface area contributed by atoms with Gasteiger partial charge >= 0.3 is 5.91 Å². The summed E-state index contributed by atoms with van der Waals surface area (Å²) in [4.78, 5) is 31.3. The molecule has 0 atom stereocenters. The number of carbonyl (C=O) groups is 2. The maximum absolute atomic E-state index is 12.6. The third-order valence-corrected chi connectivity index (χ3v) is 5.92. The van der Waals surface area contributed by atoms with Gasteiger partial charge in [-0.05, 0) is 11.6 Å². The number of carbonyl (C=O) groups excluding carboxylic acids is 2. The number of rotatable bonds is 5. The van der Waals surface area contributed by atoms with Gasteiger partial charge in [-0.1, -0.05) is 42.5 Å². The molecule has 0 aliphatic carbocycles. The summed E-state index contributed by atoms with van der Waals surface area (Å²) < 4.78 is 11.2. The van der Waals surface area contributed by atoms with E-state index in [1.165, 1.54) is 5.56 Å². The Hall–Kier alpha value is -3.16. The van der Waals surface area contributed by atoms with Crippen molar-refractivity contribution in [2.24, 2.45) is 0 Å². The molecule has 0 aromatic heterocycles. The van der Waals surface area contributed by atoms with E-state index < -0.39 is 11.7 Å². The Balaban J connectivity index is 1.20. The molecule has 3 heterocycles. The van der Waals surface area contributed by atoms with Crippen LogP contribution in [0.1, 0.15) is 15.9 Å². The van der Waals surface area contributed by atoms with Crippen molar-refractivity contribution in [1.82, 2.24) is 9.80 Å². The summed E-state index contributed by atoms with van der Waals surface area (Å²) in [6.07, 6.45) is 4.33. The Labute approximate surface area is 181 Å². The van der Waals surface area contributed by atoms with E-state index in [0.717, 1.165) is 32.7 Å². The SMILES string of the molecule is O=C1C(=O)N(CN2CCN(CC=Cc3ccccc3)CC2)c2cc3c(cc21)OCCO3. The zero-order chi connectivity index (χ0) is 21.2. The maximum Gasteiger partial charge on any atom is 0.300 e. The summed E-state index contributed by atoms with van der Waals surface area (Å²) in [6.45, 7) is 5.75. The molecular formula is C24H25N3O4. The number of nitrogens with zero attached hydrogens (tertiary/aromatic N) is 3. The molecule has 31 heavy (non-hydrogen) atoms. The molecule has 1 fully saturated rings. The molecule has 3 aliphatic rings. The first-order chi connectivity index (χ1) is 15.2. The van der Waals surface area contributed by atoms with Crippen LogP contribution in [0.2, 0.25) is 0 Å². The molecule has 1 amide bonds. The highest BCUT2D eigenvalue weighted by molar-refractivity contribution is 6.52. The van der Waals surface area contributed by atoms with E-state index in [9.17, 15) is 9.59 Å². The van der Waals surface area contributed by atoms with Gasteiger partial charge in [0.2, 0.25) is 0 Å². The van der Waals surface area contributed by atoms with Gasteiger partial charge in [-0.3, -0.25) is 24.3 Å². The number of ether oxygens (including phenoxy) is 2. The van der Waals surface area contributed by atoms with Crippen LogP contribution < -0.4 is 14.4 Å². The van der Waals surface area contributed by atoms with Gasteiger partial charge in [0.25, 0.3) is 5.78 Å². The normalized spacial score (nSPS) is 19.3. The van der Waals surface area contributed by atoms with Crippen LogP contribution in [-0.4, -0.2) is 74.1 Å². The fourth-order valence-electron chi connectivity index (χ4n) is 4.19. The van der Waals surface area contributed by atoms with Crippen molar-refractivity contribution in [3.05, 3.63) is 59.7 Å². The van der Waals surface area contributed by atoms with Crippen molar-refractivity contribution in [3.8, 4) is 11.5 Å². The molecule has 0 radical (unpaired) electrons. The van der Waals surface area contributed by atoms with Crippen LogP contribution in [0.5, 0.6) is 11.5 Å². The van der Waals surface area contributed by atoms with Gasteiger partial charge in [0.05, 0.1) is 17.9 Å². The lowest BCUT2D eigenvalue weighted by Crippen LogP contribution is -2.50. The second-order valence-corrected chi connectivity index (χ2v) is 7.95. The Morgan fingerprint density at radius 1 is 0.871 bits per heavy atom. The molecule has 3 aliphatic heterocycles. The van der Waals surface area contributed by atoms with Gasteiger partial charge in [0, 0.05) is 38.8 Å². The van der Waals surface area contributed by atoms with Crippen molar-refractivity contribution in [2.45, 2.75) is 0 Å². The minimum atomic E-state index is -0.481. The van der Waals surface area contributed by atoms with E-state index in [1.54, 1.807) is 17.0 Å². The molecule has 5 rings (SSSR count). The third-order valence-electron chi connectivity index (χ3n) is 5.92. The topological polar surface area (TPSA) is 62.3 Å². The molecule has 0 unspecified atom stereocenters. The first kappa shape index (κ1) is 19.8. The number of ketones is 1. The van der Waals surface area contributed by atoms with E-state index >= 15 is 0 Å². The monoisotopic (exact) mass is 419 g/mol. The molecule has 1 saturated heterocycles. The summed E-state index contributed by atoms with van der Waals surface area (Å²) in [5.41, 5.74) is 2.22. The maximum atomic E-state index is 12.6. The zero-order valence-electron chi connectivity index (χ0n) is 17.3. The Morgan fingerprint density at radius 3 is 2.29 bits per heavy atom. The van der Waals surface area contributed by atoms with Crippen molar-refractivity contribution in [3.63, 3.8) is 0 Å². The molecule has 7 heteroatoms. The van der Waals surface area contributed by atoms with E-state index in [1.807, 2.05) is 18.2 Å². The lowest BCUT2D eigenvalue weighted by Gasteiger charge is -2.36. The van der Waals surface area contributed by atoms with E-state index in [4.69, 9.17) is 9.47 Å². The number of hydrogen-bond acceptors (Lipinski definition) is 6. The van der Waals surface area contributed by atoms with Gasteiger partial charge < -0.3 is 9.47 Å². The molecular weight excluding hydrogens is 394 g/mol. The minimum Gasteiger partial charge on any atom is -0.486 e. The smallest absolute Gasteiger partial charge is 0.300 e. The number of piperazine rings is 1. The number of hydrogen-bond donors (Lipinski definition) is 0. The second-order valence-electron chi connectivity index (χ2n) is 7.95. The Kier molecular flexibility index (Phi) is 5.44. The van der Waals surface area contributed by atoms with Crippen LogP contribution in [0, 0.1) is 0 Å². The average Bonchev–Trinajstić information content (AvgIpc) is 3.04. The van der Waals surface area contributed by atoms with Gasteiger partial charge in [0.15, 0.2) is 11.5 Å².